The molecular weight excluding hydrogens is 274 g/mol. The summed E-state index contributed by atoms with van der Waals surface area (Å²) in [4.78, 5) is 12.3. The van der Waals surface area contributed by atoms with Crippen molar-refractivity contribution in [2.45, 2.75) is 6.92 Å². The monoisotopic (exact) mass is 279 g/mol. The molecule has 0 radical (unpaired) electrons. The van der Waals surface area contributed by atoms with Crippen LogP contribution in [0.15, 0.2) is 23.6 Å². The first kappa shape index (κ1) is 9.40. The van der Waals surface area contributed by atoms with Crippen molar-refractivity contribution in [1.82, 2.24) is 34.3 Å². The van der Waals surface area contributed by atoms with Crippen LogP contribution in [0.2, 0.25) is 0 Å². The van der Waals surface area contributed by atoms with E-state index < -0.39 is 0 Å². The van der Waals surface area contributed by atoms with Crippen LogP contribution in [0.3, 0.4) is 0 Å². The zero-order chi connectivity index (χ0) is 11.1. The predicted molar refractivity (Wildman–Crippen MR) is 58.1 cm³/mol. The molecule has 7 nitrogen and oxygen atoms in total. The zero-order valence-electron chi connectivity index (χ0n) is 8.24. The van der Waals surface area contributed by atoms with E-state index in [1.807, 2.05) is 6.92 Å². The molecule has 0 aliphatic heterocycles. The number of hydrogen-bond acceptors (Lipinski definition) is 5. The third-order valence-electron chi connectivity index (χ3n) is 2.17. The van der Waals surface area contributed by atoms with Crippen LogP contribution in [0.25, 0.3) is 11.3 Å². The van der Waals surface area contributed by atoms with Gasteiger partial charge in [0.2, 0.25) is 0 Å². The summed E-state index contributed by atoms with van der Waals surface area (Å²) in [6.45, 7) is 1.87. The van der Waals surface area contributed by atoms with Gasteiger partial charge in [0.25, 0.3) is 0 Å². The highest BCUT2D eigenvalue weighted by atomic mass is 79.9. The van der Waals surface area contributed by atoms with E-state index in [2.05, 4.69) is 41.1 Å². The largest absolute Gasteiger partial charge is 0.224 e. The number of halogens is 1. The summed E-state index contributed by atoms with van der Waals surface area (Å²) in [6, 6.07) is 0. The molecule has 0 unspecified atom stereocenters. The number of nitrogens with zero attached hydrogens (tertiary/aromatic N) is 7. The summed E-state index contributed by atoms with van der Waals surface area (Å²) in [5.74, 6) is 1.42. The Labute approximate surface area is 98.3 Å². The number of aromatic nitrogens is 7. The molecule has 0 spiro atoms. The molecule has 16 heavy (non-hydrogen) atoms. The van der Waals surface area contributed by atoms with E-state index in [-0.39, 0.29) is 0 Å². The van der Waals surface area contributed by atoms with Gasteiger partial charge in [-0.05, 0) is 22.9 Å². The molecule has 0 amide bonds. The molecule has 0 saturated carbocycles. The fraction of sp³-hybridized carbons (Fsp3) is 0.125. The van der Waals surface area contributed by atoms with Gasteiger partial charge in [-0.1, -0.05) is 0 Å². The van der Waals surface area contributed by atoms with Crippen LogP contribution in [0.5, 0.6) is 0 Å². The average molecular weight is 280 g/mol. The fourth-order valence-electron chi connectivity index (χ4n) is 1.50. The van der Waals surface area contributed by atoms with E-state index in [4.69, 9.17) is 0 Å². The number of rotatable bonds is 1. The van der Waals surface area contributed by atoms with Crippen molar-refractivity contribution in [2.24, 2.45) is 0 Å². The van der Waals surface area contributed by atoms with Gasteiger partial charge in [-0.3, -0.25) is 0 Å². The van der Waals surface area contributed by atoms with Crippen molar-refractivity contribution >= 4 is 21.4 Å². The van der Waals surface area contributed by atoms with Gasteiger partial charge in [-0.2, -0.15) is 10.2 Å². The van der Waals surface area contributed by atoms with Crippen LogP contribution in [0, 0.1) is 6.92 Å². The van der Waals surface area contributed by atoms with Crippen LogP contribution in [0.1, 0.15) is 5.82 Å². The van der Waals surface area contributed by atoms with Gasteiger partial charge < -0.3 is 0 Å². The second-order valence-electron chi connectivity index (χ2n) is 3.13. The van der Waals surface area contributed by atoms with E-state index in [1.165, 1.54) is 12.7 Å². The van der Waals surface area contributed by atoms with Crippen LogP contribution < -0.4 is 0 Å². The Bertz CT molecular complexity index is 642. The number of hydrogen-bond donors (Lipinski definition) is 0. The molecule has 0 atom stereocenters. The normalized spacial score (nSPS) is 11.1. The molecule has 3 rings (SSSR count). The smallest absolute Gasteiger partial charge is 0.185 e. The Morgan fingerprint density at radius 1 is 1.25 bits per heavy atom. The maximum atomic E-state index is 4.28. The van der Waals surface area contributed by atoms with Crippen molar-refractivity contribution in [3.05, 3.63) is 29.4 Å². The Morgan fingerprint density at radius 3 is 2.88 bits per heavy atom. The molecule has 0 N–H and O–H groups in total. The van der Waals surface area contributed by atoms with Crippen molar-refractivity contribution in [2.75, 3.05) is 0 Å². The quantitative estimate of drug-likeness (QED) is 0.658. The predicted octanol–water partition coefficient (Wildman–Crippen LogP) is 0.776. The van der Waals surface area contributed by atoms with E-state index in [0.29, 0.717) is 10.4 Å². The molecule has 3 aromatic heterocycles. The molecule has 0 aliphatic carbocycles. The highest BCUT2D eigenvalue weighted by Crippen LogP contribution is 2.21. The van der Waals surface area contributed by atoms with Gasteiger partial charge in [-0.15, -0.1) is 0 Å². The molecule has 8 heteroatoms. The zero-order valence-corrected chi connectivity index (χ0v) is 9.83. The molecule has 0 fully saturated rings. The summed E-state index contributed by atoms with van der Waals surface area (Å²) < 4.78 is 3.97. The van der Waals surface area contributed by atoms with E-state index >= 15 is 0 Å². The number of imidazole rings is 1. The second-order valence-corrected chi connectivity index (χ2v) is 3.89. The molecule has 3 aromatic rings. The maximum Gasteiger partial charge on any atom is 0.185 e. The summed E-state index contributed by atoms with van der Waals surface area (Å²) in [5.41, 5.74) is 0.769. The highest BCUT2D eigenvalue weighted by Gasteiger charge is 2.14. The topological polar surface area (TPSA) is 73.8 Å². The van der Waals surface area contributed by atoms with Gasteiger partial charge in [-0.25, -0.2) is 24.1 Å². The van der Waals surface area contributed by atoms with Crippen LogP contribution in [0.4, 0.5) is 0 Å². The van der Waals surface area contributed by atoms with Gasteiger partial charge in [0.15, 0.2) is 5.82 Å². The van der Waals surface area contributed by atoms with Crippen LogP contribution >= 0.6 is 15.9 Å². The van der Waals surface area contributed by atoms with Gasteiger partial charge in [0.1, 0.15) is 34.9 Å². The van der Waals surface area contributed by atoms with Crippen LogP contribution in [-0.2, 0) is 0 Å². The maximum absolute atomic E-state index is 4.28. The van der Waals surface area contributed by atoms with Crippen molar-refractivity contribution in [1.29, 1.82) is 0 Å². The lowest BCUT2D eigenvalue weighted by Gasteiger charge is -2.01. The van der Waals surface area contributed by atoms with Crippen molar-refractivity contribution in [3.8, 4) is 5.82 Å². The van der Waals surface area contributed by atoms with Crippen molar-refractivity contribution in [3.63, 3.8) is 0 Å². The molecule has 0 bridgehead atoms. The molecule has 0 aliphatic rings. The minimum atomic E-state index is 0.639. The lowest BCUT2D eigenvalue weighted by molar-refractivity contribution is 0.794. The fourth-order valence-corrected chi connectivity index (χ4v) is 2.10. The molecule has 0 aromatic carbocycles. The van der Waals surface area contributed by atoms with Gasteiger partial charge in [0.05, 0.1) is 0 Å². The number of aryl methyl sites for hydroxylation is 1. The van der Waals surface area contributed by atoms with Gasteiger partial charge in [0, 0.05) is 0 Å². The minimum absolute atomic E-state index is 0.639. The molecule has 80 valence electrons. The first-order valence-corrected chi connectivity index (χ1v) is 5.27. The molecule has 3 heterocycles. The summed E-state index contributed by atoms with van der Waals surface area (Å²) in [6.07, 6.45) is 4.50. The average Bonchev–Trinajstić information content (AvgIpc) is 2.88. The van der Waals surface area contributed by atoms with Crippen molar-refractivity contribution < 1.29 is 0 Å². The highest BCUT2D eigenvalue weighted by molar-refractivity contribution is 9.10. The van der Waals surface area contributed by atoms with E-state index in [9.17, 15) is 0 Å². The van der Waals surface area contributed by atoms with Gasteiger partial charge >= 0.3 is 0 Å². The standard InChI is InChI=1S/C8H6BrN7/c1-5-14-7(9)6-8(11-3-13-16(5)6)15-4-10-2-12-15/h2-4H,1H3. The Balaban J connectivity index is 2.41. The number of fused-ring (bicyclic) bond motifs is 1. The lowest BCUT2D eigenvalue weighted by Crippen LogP contribution is -2.04. The third-order valence-corrected chi connectivity index (χ3v) is 2.72. The SMILES string of the molecule is Cc1nc(Br)c2c(-n3cncn3)ncnn12. The van der Waals surface area contributed by atoms with Crippen LogP contribution in [-0.4, -0.2) is 34.3 Å². The Hall–Kier alpha value is -1.83. The lowest BCUT2D eigenvalue weighted by atomic mass is 10.5. The summed E-state index contributed by atoms with van der Waals surface area (Å²) in [7, 11) is 0. The molecular formula is C8H6BrN7. The summed E-state index contributed by atoms with van der Waals surface area (Å²) >= 11 is 3.38. The first-order valence-electron chi connectivity index (χ1n) is 4.48. The minimum Gasteiger partial charge on any atom is -0.224 e. The second kappa shape index (κ2) is 3.34. The first-order chi connectivity index (χ1) is 7.77. The van der Waals surface area contributed by atoms with E-state index in [0.717, 1.165) is 11.3 Å². The third kappa shape index (κ3) is 1.23. The molecule has 0 saturated heterocycles. The Kier molecular flexibility index (Phi) is 1.96. The summed E-state index contributed by atoms with van der Waals surface area (Å²) in [5, 5.41) is 8.16. The van der Waals surface area contributed by atoms with E-state index in [1.54, 1.807) is 15.5 Å². The Morgan fingerprint density at radius 2 is 2.12 bits per heavy atom.